The predicted molar refractivity (Wildman–Crippen MR) is 138 cm³/mol. The summed E-state index contributed by atoms with van der Waals surface area (Å²) in [7, 11) is -2.21. The van der Waals surface area contributed by atoms with Gasteiger partial charge in [0.25, 0.3) is 0 Å². The second kappa shape index (κ2) is 10.2. The Morgan fingerprint density at radius 1 is 1.17 bits per heavy atom. The van der Waals surface area contributed by atoms with Crippen LogP contribution in [0.1, 0.15) is 31.4 Å². The molecule has 0 amide bonds. The second-order valence-electron chi connectivity index (χ2n) is 8.63. The molecule has 0 atom stereocenters. The molecule has 0 unspecified atom stereocenters. The lowest BCUT2D eigenvalue weighted by molar-refractivity contribution is 0.293. The Hall–Kier alpha value is -2.99. The highest BCUT2D eigenvalue weighted by molar-refractivity contribution is 7.89. The number of thiazole rings is 1. The van der Waals surface area contributed by atoms with Crippen LogP contribution in [0.3, 0.4) is 0 Å². The molecule has 1 fully saturated rings. The molecular weight excluding hydrogens is 522 g/mol. The van der Waals surface area contributed by atoms with E-state index in [-0.39, 0.29) is 28.2 Å². The van der Waals surface area contributed by atoms with E-state index in [9.17, 15) is 13.2 Å². The van der Waals surface area contributed by atoms with E-state index in [1.165, 1.54) is 4.57 Å². The fourth-order valence-electron chi connectivity index (χ4n) is 4.18. The first-order chi connectivity index (χ1) is 17.3. The number of nitrogens with one attached hydrogen (secondary N) is 1. The van der Waals surface area contributed by atoms with Gasteiger partial charge in [0.15, 0.2) is 0 Å². The third-order valence-corrected chi connectivity index (χ3v) is 8.73. The smallest absolute Gasteiger partial charge is 0.307 e. The molecule has 1 N–H and O–H groups in total. The van der Waals surface area contributed by atoms with Crippen molar-refractivity contribution in [3.8, 4) is 22.7 Å². The topological polar surface area (TPSA) is 108 Å². The maximum Gasteiger partial charge on any atom is 0.307 e. The number of aromatic nitrogens is 4. The van der Waals surface area contributed by atoms with Gasteiger partial charge in [-0.2, -0.15) is 0 Å². The van der Waals surface area contributed by atoms with Gasteiger partial charge >= 0.3 is 4.87 Å². The first-order valence-corrected chi connectivity index (χ1v) is 14.2. The lowest BCUT2D eigenvalue weighted by atomic mass is 10.1. The van der Waals surface area contributed by atoms with Crippen LogP contribution in [0.2, 0.25) is 5.02 Å². The molecular formula is C24H24ClN5O4S2. The predicted octanol–water partition coefficient (Wildman–Crippen LogP) is 4.15. The summed E-state index contributed by atoms with van der Waals surface area (Å²) in [5.41, 5.74) is 2.57. The fraction of sp³-hybridized carbons (Fsp3) is 0.292. The highest BCUT2D eigenvalue weighted by atomic mass is 35.5. The highest BCUT2D eigenvalue weighted by Crippen LogP contribution is 2.32. The average Bonchev–Trinajstić information content (AvgIpc) is 3.61. The minimum atomic E-state index is -3.87. The van der Waals surface area contributed by atoms with Gasteiger partial charge in [-0.25, -0.2) is 17.8 Å². The van der Waals surface area contributed by atoms with Crippen molar-refractivity contribution in [2.24, 2.45) is 7.05 Å². The Morgan fingerprint density at radius 3 is 2.61 bits per heavy atom. The van der Waals surface area contributed by atoms with Crippen LogP contribution in [-0.4, -0.2) is 34.0 Å². The number of sulfonamides is 1. The summed E-state index contributed by atoms with van der Waals surface area (Å²) in [5, 5.41) is 10.6. The quantitative estimate of drug-likeness (QED) is 0.356. The molecule has 0 aliphatic heterocycles. The normalized spacial score (nSPS) is 14.4. The Kier molecular flexibility index (Phi) is 6.98. The van der Waals surface area contributed by atoms with Crippen molar-refractivity contribution in [2.45, 2.75) is 43.2 Å². The number of rotatable bonds is 8. The molecule has 5 rings (SSSR count). The summed E-state index contributed by atoms with van der Waals surface area (Å²) in [5.74, 6) is 0.200. The Labute approximate surface area is 217 Å². The van der Waals surface area contributed by atoms with E-state index in [0.717, 1.165) is 42.7 Å². The minimum absolute atomic E-state index is 0.0236. The van der Waals surface area contributed by atoms with Crippen molar-refractivity contribution in [2.75, 3.05) is 0 Å². The molecule has 1 saturated carbocycles. The van der Waals surface area contributed by atoms with Crippen molar-refractivity contribution in [1.82, 2.24) is 24.3 Å². The molecule has 2 heterocycles. The number of hydrogen-bond donors (Lipinski definition) is 1. The molecule has 1 aliphatic rings. The zero-order valence-electron chi connectivity index (χ0n) is 19.4. The summed E-state index contributed by atoms with van der Waals surface area (Å²) < 4.78 is 38.7. The summed E-state index contributed by atoms with van der Waals surface area (Å²) >= 11 is 7.02. The lowest BCUT2D eigenvalue weighted by Crippen LogP contribution is -2.33. The van der Waals surface area contributed by atoms with Crippen LogP contribution in [-0.2, 0) is 23.7 Å². The van der Waals surface area contributed by atoms with Crippen LogP contribution in [0.25, 0.3) is 16.9 Å². The molecule has 0 spiro atoms. The van der Waals surface area contributed by atoms with E-state index in [0.29, 0.717) is 22.0 Å². The monoisotopic (exact) mass is 545 g/mol. The Morgan fingerprint density at radius 2 is 1.92 bits per heavy atom. The van der Waals surface area contributed by atoms with Crippen molar-refractivity contribution >= 4 is 33.0 Å². The van der Waals surface area contributed by atoms with Crippen molar-refractivity contribution < 1.29 is 13.2 Å². The van der Waals surface area contributed by atoms with Crippen molar-refractivity contribution in [1.29, 1.82) is 0 Å². The van der Waals surface area contributed by atoms with Gasteiger partial charge in [-0.1, -0.05) is 41.0 Å². The first kappa shape index (κ1) is 24.7. The van der Waals surface area contributed by atoms with Crippen LogP contribution in [0, 0.1) is 0 Å². The number of benzene rings is 2. The number of hydrogen-bond acceptors (Lipinski definition) is 7. The fourth-order valence-corrected chi connectivity index (χ4v) is 6.55. The molecule has 4 aromatic rings. The molecule has 2 aromatic carbocycles. The van der Waals surface area contributed by atoms with Gasteiger partial charge in [0.2, 0.25) is 10.0 Å². The summed E-state index contributed by atoms with van der Waals surface area (Å²) in [6.07, 6.45) is 5.32. The van der Waals surface area contributed by atoms with Gasteiger partial charge in [0, 0.05) is 29.1 Å². The molecule has 2 aromatic heterocycles. The SMILES string of the molecule is Cn1c(-c2ccc(OCc3cn(-c4ccc(Cl)cc4)nn3)c(S(=O)(=O)NC3CCCC3)c2)csc1=O. The van der Waals surface area contributed by atoms with Crippen LogP contribution in [0.4, 0.5) is 0 Å². The van der Waals surface area contributed by atoms with E-state index in [4.69, 9.17) is 16.3 Å². The molecule has 1 aliphatic carbocycles. The average molecular weight is 546 g/mol. The zero-order valence-corrected chi connectivity index (χ0v) is 21.8. The van der Waals surface area contributed by atoms with Gasteiger partial charge < -0.3 is 9.30 Å². The molecule has 0 bridgehead atoms. The maximum atomic E-state index is 13.4. The van der Waals surface area contributed by atoms with E-state index >= 15 is 0 Å². The highest BCUT2D eigenvalue weighted by Gasteiger charge is 2.27. The second-order valence-corrected chi connectivity index (χ2v) is 11.6. The summed E-state index contributed by atoms with van der Waals surface area (Å²) in [6, 6.07) is 12.0. The van der Waals surface area contributed by atoms with E-state index in [2.05, 4.69) is 15.0 Å². The van der Waals surface area contributed by atoms with Crippen LogP contribution >= 0.6 is 22.9 Å². The first-order valence-electron chi connectivity index (χ1n) is 11.4. The molecule has 0 saturated heterocycles. The molecule has 36 heavy (non-hydrogen) atoms. The molecule has 0 radical (unpaired) electrons. The standard InChI is InChI=1S/C24H24ClN5O4S2/c1-29-21(15-35-24(29)31)16-6-11-22(23(12-16)36(32,33)27-18-4-2-3-5-18)34-14-19-13-30(28-26-19)20-9-7-17(25)8-10-20/h6-13,15,18,27H,2-5,14H2,1H3. The number of ether oxygens (including phenoxy) is 1. The van der Waals surface area contributed by atoms with Gasteiger partial charge in [0.1, 0.15) is 22.9 Å². The van der Waals surface area contributed by atoms with Crippen LogP contribution in [0.15, 0.2) is 63.7 Å². The molecule has 12 heteroatoms. The third kappa shape index (κ3) is 5.24. The summed E-state index contributed by atoms with van der Waals surface area (Å²) in [6.45, 7) is 0.0236. The van der Waals surface area contributed by atoms with Crippen molar-refractivity contribution in [3.63, 3.8) is 0 Å². The van der Waals surface area contributed by atoms with Gasteiger partial charge in [0.05, 0.1) is 17.6 Å². The molecule has 188 valence electrons. The largest absolute Gasteiger partial charge is 0.486 e. The van der Waals surface area contributed by atoms with Gasteiger partial charge in [-0.3, -0.25) is 4.79 Å². The number of nitrogens with zero attached hydrogens (tertiary/aromatic N) is 4. The minimum Gasteiger partial charge on any atom is -0.486 e. The van der Waals surface area contributed by atoms with Crippen LogP contribution < -0.4 is 14.3 Å². The third-order valence-electron chi connectivity index (χ3n) is 6.12. The number of halogens is 1. The maximum absolute atomic E-state index is 13.4. The van der Waals surface area contributed by atoms with Gasteiger partial charge in [-0.15, -0.1) is 5.10 Å². The molecule has 9 nitrogen and oxygen atoms in total. The van der Waals surface area contributed by atoms with Crippen molar-refractivity contribution in [3.05, 3.63) is 74.4 Å². The van der Waals surface area contributed by atoms with E-state index in [1.807, 2.05) is 12.1 Å². The van der Waals surface area contributed by atoms with Crippen LogP contribution in [0.5, 0.6) is 5.75 Å². The lowest BCUT2D eigenvalue weighted by Gasteiger charge is -2.17. The van der Waals surface area contributed by atoms with E-state index < -0.39 is 10.0 Å². The van der Waals surface area contributed by atoms with E-state index in [1.54, 1.807) is 53.6 Å². The zero-order chi connectivity index (χ0) is 25.3. The van der Waals surface area contributed by atoms with Gasteiger partial charge in [-0.05, 0) is 55.3 Å². The Bertz CT molecular complexity index is 1540. The summed E-state index contributed by atoms with van der Waals surface area (Å²) in [4.78, 5) is 11.9. The Balaban J connectivity index is 1.43.